The third-order valence-corrected chi connectivity index (χ3v) is 11.2. The number of nitrogens with one attached hydrogen (secondary N) is 3. The molecule has 0 radical (unpaired) electrons. The summed E-state index contributed by atoms with van der Waals surface area (Å²) in [6.07, 6.45) is 0. The van der Waals surface area contributed by atoms with Gasteiger partial charge in [-0.3, -0.25) is 9.89 Å². The molecular weight excluding hydrogens is 453 g/mol. The Morgan fingerprint density at radius 2 is 1.74 bits per heavy atom. The van der Waals surface area contributed by atoms with Gasteiger partial charge in [0.05, 0.1) is 41.6 Å². The number of fused-ring (bicyclic) bond motifs is 1. The summed E-state index contributed by atoms with van der Waals surface area (Å²) in [5.74, 6) is 0.398. The van der Waals surface area contributed by atoms with E-state index >= 15 is 0 Å². The molecule has 168 valence electrons. The van der Waals surface area contributed by atoms with Crippen LogP contribution in [0.1, 0.15) is 39.0 Å². The number of halogens is 2. The van der Waals surface area contributed by atoms with Crippen LogP contribution in [0.15, 0.2) is 18.2 Å². The SMILES string of the molecule is CC1(C)c2[nH]nc(NC(=O)C(C)(C)[Si](C)(C)C)c2CN1C(=O)Nc1c(Cl)cccc1Cl. The zero-order valence-electron chi connectivity index (χ0n) is 18.9. The number of aromatic amines is 1. The van der Waals surface area contributed by atoms with Crippen LogP contribution >= 0.6 is 23.2 Å². The van der Waals surface area contributed by atoms with Crippen molar-refractivity contribution in [2.24, 2.45) is 0 Å². The Balaban J connectivity index is 1.84. The molecule has 3 N–H and O–H groups in total. The number of rotatable bonds is 4. The molecular formula is C21H29Cl2N5O2Si. The molecule has 10 heteroatoms. The Labute approximate surface area is 193 Å². The molecule has 7 nitrogen and oxygen atoms in total. The van der Waals surface area contributed by atoms with E-state index in [9.17, 15) is 9.59 Å². The van der Waals surface area contributed by atoms with Crippen molar-refractivity contribution in [3.05, 3.63) is 39.5 Å². The van der Waals surface area contributed by atoms with E-state index in [2.05, 4.69) is 40.5 Å². The van der Waals surface area contributed by atoms with Crippen LogP contribution in [-0.4, -0.2) is 35.1 Å². The largest absolute Gasteiger partial charge is 0.323 e. The quantitative estimate of drug-likeness (QED) is 0.463. The summed E-state index contributed by atoms with van der Waals surface area (Å²) in [6.45, 7) is 14.6. The summed E-state index contributed by atoms with van der Waals surface area (Å²) in [4.78, 5) is 27.8. The molecule has 1 aliphatic rings. The summed E-state index contributed by atoms with van der Waals surface area (Å²) in [7, 11) is -1.77. The van der Waals surface area contributed by atoms with Gasteiger partial charge < -0.3 is 15.5 Å². The first-order valence-electron chi connectivity index (χ1n) is 10.1. The molecule has 3 rings (SSSR count). The Hall–Kier alpha value is -2.03. The van der Waals surface area contributed by atoms with Gasteiger partial charge in [0.1, 0.15) is 0 Å². The van der Waals surface area contributed by atoms with Gasteiger partial charge in [-0.25, -0.2) is 4.79 Å². The number of hydrogen-bond donors (Lipinski definition) is 3. The molecule has 1 aromatic carbocycles. The number of para-hydroxylation sites is 1. The van der Waals surface area contributed by atoms with Crippen LogP contribution in [-0.2, 0) is 16.9 Å². The molecule has 1 aromatic heterocycles. The predicted octanol–water partition coefficient (Wildman–Crippen LogP) is 6.06. The second-order valence-electron chi connectivity index (χ2n) is 9.93. The lowest BCUT2D eigenvalue weighted by atomic mass is 10.0. The van der Waals surface area contributed by atoms with Crippen LogP contribution in [0.25, 0.3) is 0 Å². The van der Waals surface area contributed by atoms with Crippen molar-refractivity contribution in [3.63, 3.8) is 0 Å². The van der Waals surface area contributed by atoms with E-state index in [0.29, 0.717) is 21.6 Å². The fourth-order valence-corrected chi connectivity index (χ4v) is 4.58. The maximum atomic E-state index is 13.1. The monoisotopic (exact) mass is 481 g/mol. The van der Waals surface area contributed by atoms with E-state index in [1.54, 1.807) is 23.1 Å². The first-order chi connectivity index (χ1) is 14.2. The van der Waals surface area contributed by atoms with Crippen molar-refractivity contribution in [3.8, 4) is 0 Å². The van der Waals surface area contributed by atoms with E-state index in [1.165, 1.54) is 0 Å². The lowest BCUT2D eigenvalue weighted by Gasteiger charge is -2.35. The maximum absolute atomic E-state index is 13.1. The normalized spacial score (nSPS) is 15.6. The number of hydrogen-bond acceptors (Lipinski definition) is 3. The van der Waals surface area contributed by atoms with Gasteiger partial charge in [-0.1, -0.05) is 62.8 Å². The van der Waals surface area contributed by atoms with Crippen LogP contribution in [0, 0.1) is 0 Å². The molecule has 0 saturated heterocycles. The number of amides is 3. The molecule has 0 unspecified atom stereocenters. The van der Waals surface area contributed by atoms with E-state index in [0.717, 1.165) is 11.3 Å². The average Bonchev–Trinajstić information content (AvgIpc) is 3.15. The fraction of sp³-hybridized carbons (Fsp3) is 0.476. The number of anilines is 2. The minimum Gasteiger partial charge on any atom is -0.309 e. The lowest BCUT2D eigenvalue weighted by molar-refractivity contribution is -0.118. The maximum Gasteiger partial charge on any atom is 0.323 e. The molecule has 0 bridgehead atoms. The molecule has 0 saturated carbocycles. The van der Waals surface area contributed by atoms with E-state index in [4.69, 9.17) is 23.2 Å². The minimum atomic E-state index is -1.77. The van der Waals surface area contributed by atoms with E-state index in [-0.39, 0.29) is 18.5 Å². The third-order valence-electron chi connectivity index (χ3n) is 6.58. The van der Waals surface area contributed by atoms with Crippen LogP contribution in [0.2, 0.25) is 34.7 Å². The van der Waals surface area contributed by atoms with Gasteiger partial charge in [-0.05, 0) is 26.0 Å². The lowest BCUT2D eigenvalue weighted by Crippen LogP contribution is -2.44. The van der Waals surface area contributed by atoms with E-state index in [1.807, 2.05) is 27.7 Å². The van der Waals surface area contributed by atoms with Crippen molar-refractivity contribution in [2.45, 2.75) is 64.5 Å². The zero-order chi connectivity index (χ0) is 23.4. The second-order valence-corrected chi connectivity index (χ2v) is 16.5. The minimum absolute atomic E-state index is 0.0653. The van der Waals surface area contributed by atoms with Crippen LogP contribution in [0.5, 0.6) is 0 Å². The summed E-state index contributed by atoms with van der Waals surface area (Å²) in [6, 6.07) is 4.70. The number of H-pyrrole nitrogens is 1. The highest BCUT2D eigenvalue weighted by Crippen LogP contribution is 2.43. The summed E-state index contributed by atoms with van der Waals surface area (Å²) >= 11 is 12.4. The Morgan fingerprint density at radius 1 is 1.16 bits per heavy atom. The molecule has 0 atom stereocenters. The first-order valence-corrected chi connectivity index (χ1v) is 14.4. The van der Waals surface area contributed by atoms with Crippen molar-refractivity contribution in [1.82, 2.24) is 15.1 Å². The number of nitrogens with zero attached hydrogens (tertiary/aromatic N) is 2. The Morgan fingerprint density at radius 3 is 2.29 bits per heavy atom. The number of urea groups is 1. The number of carbonyl (C=O) groups is 2. The summed E-state index contributed by atoms with van der Waals surface area (Å²) < 4.78 is 0. The molecule has 0 fully saturated rings. The predicted molar refractivity (Wildman–Crippen MR) is 129 cm³/mol. The molecule has 2 aromatic rings. The topological polar surface area (TPSA) is 90.1 Å². The van der Waals surface area contributed by atoms with Gasteiger partial charge in [-0.15, -0.1) is 0 Å². The number of carbonyl (C=O) groups excluding carboxylic acids is 2. The molecule has 1 aliphatic heterocycles. The highest BCUT2D eigenvalue weighted by molar-refractivity contribution is 6.82. The number of benzene rings is 1. The van der Waals surface area contributed by atoms with Gasteiger partial charge in [0.15, 0.2) is 5.82 Å². The first kappa shape index (κ1) is 23.6. The van der Waals surface area contributed by atoms with Crippen molar-refractivity contribution < 1.29 is 9.59 Å². The molecule has 0 aliphatic carbocycles. The zero-order valence-corrected chi connectivity index (χ0v) is 21.4. The van der Waals surface area contributed by atoms with Gasteiger partial charge in [0, 0.05) is 10.6 Å². The van der Waals surface area contributed by atoms with Crippen molar-refractivity contribution in [2.75, 3.05) is 10.6 Å². The second kappa shape index (κ2) is 7.83. The molecule has 2 heterocycles. The van der Waals surface area contributed by atoms with E-state index < -0.39 is 18.7 Å². The number of aromatic nitrogens is 2. The van der Waals surface area contributed by atoms with Gasteiger partial charge in [-0.2, -0.15) is 5.10 Å². The van der Waals surface area contributed by atoms with Gasteiger partial charge >= 0.3 is 6.03 Å². The van der Waals surface area contributed by atoms with Gasteiger partial charge in [0.2, 0.25) is 5.91 Å². The average molecular weight is 482 g/mol. The van der Waals surface area contributed by atoms with Crippen LogP contribution in [0.4, 0.5) is 16.3 Å². The third kappa shape index (κ3) is 4.08. The van der Waals surface area contributed by atoms with Crippen LogP contribution < -0.4 is 10.6 Å². The van der Waals surface area contributed by atoms with Gasteiger partial charge in [0.25, 0.3) is 0 Å². The molecule has 0 spiro atoms. The molecule has 31 heavy (non-hydrogen) atoms. The van der Waals surface area contributed by atoms with Crippen molar-refractivity contribution in [1.29, 1.82) is 0 Å². The van der Waals surface area contributed by atoms with Crippen molar-refractivity contribution >= 4 is 54.7 Å². The summed E-state index contributed by atoms with van der Waals surface area (Å²) in [5, 5.41) is 13.4. The Kier molecular flexibility index (Phi) is 5.97. The fourth-order valence-electron chi connectivity index (χ4n) is 3.34. The summed E-state index contributed by atoms with van der Waals surface area (Å²) in [5.41, 5.74) is 1.28. The molecule has 3 amide bonds. The smallest absolute Gasteiger partial charge is 0.309 e. The standard InChI is InChI=1S/C21H29Cl2N5O2Si/c1-20(2)16-12(17(27-26-16)25-18(29)21(3,4)31(5,6)7)11-28(20)19(30)24-15-13(22)9-8-10-14(15)23/h8-10H,11H2,1-7H3,(H,24,30)(H2,25,26,27,29). The highest BCUT2D eigenvalue weighted by atomic mass is 35.5. The van der Waals surface area contributed by atoms with Crippen LogP contribution in [0.3, 0.4) is 0 Å². The Bertz CT molecular complexity index is 1020. The highest BCUT2D eigenvalue weighted by Gasteiger charge is 2.46.